The first-order valence-electron chi connectivity index (χ1n) is 36.8. The van der Waals surface area contributed by atoms with E-state index in [0.29, 0.717) is 205 Å². The number of halogens is 14. The van der Waals surface area contributed by atoms with Crippen LogP contribution in [0.15, 0.2) is 91.0 Å². The zero-order chi connectivity index (χ0) is 80.3. The number of hydrogen-bond acceptors (Lipinski definition) is 12. The Hall–Kier alpha value is -4.99. The number of amides is 3. The standard InChI is InChI=1S/C22H27Cl2F2NO3.C20H23Cl2F2NO2.C15H15Cl2NO4.C15H17Cl2NO3.C8H5Cl2N/c23-17-2-1-16(11-18(17)24)21(12-20-29-9-10-30-20)6-5-19(28)27(14-21)13-15-3-7-22(25,26)8-4-15;21-16-2-1-15(11-17(16)22)19(9-10-26)6-5-18(27)25(13-19)12-14-3-7-20(23,24)8-4-14;1-18-15(5-4-13(19)20,9-14-21-6-7-22-14)10-2-3-11(16)12(17)8-10;16-11-2-1-10(7-12(11)17)15(4-3-13(19)18-9-15)8-14-20-5-6-21-14;9-7-2-1-6(3-4-11)5-8(7)10/h1-2,11,15,20H,3-10,12-14H2;1-2,10-11,14H,3-9,12-13H2;2-3,8,14H,4-7,9H2,(H,19,20);1-2,7,14H,3-6,8-9H2,(H,18,19);1-2,5H,3H2/t21-;19-;2*15-;/m1101./s1. The number of carbonyl (C=O) groups is 5. The Labute approximate surface area is 694 Å². The number of nitrogens with zero attached hydrogens (tertiary/aromatic N) is 4. The lowest BCUT2D eigenvalue weighted by molar-refractivity contribution is -0.139. The van der Waals surface area contributed by atoms with Crippen LogP contribution in [0.2, 0.25) is 50.2 Å². The van der Waals surface area contributed by atoms with Gasteiger partial charge in [0.15, 0.2) is 18.9 Å². The molecule has 0 aromatic heterocycles. The number of likely N-dealkylation sites (tertiary alicyclic amines) is 2. The maximum atomic E-state index is 13.5. The normalized spacial score (nSPS) is 23.5. The number of carboxylic acid groups (broad SMARTS) is 1. The average Bonchev–Trinajstić information content (AvgIpc) is 1.81. The molecule has 4 atom stereocenters. The van der Waals surface area contributed by atoms with E-state index in [1.54, 1.807) is 65.6 Å². The molecular weight excluding hydrogens is 1650 g/mol. The first-order valence-corrected chi connectivity index (χ1v) is 40.5. The molecule has 0 radical (unpaired) electrons. The Morgan fingerprint density at radius 3 is 1.36 bits per heavy atom. The number of nitrogens with one attached hydrogen (secondary N) is 1. The van der Waals surface area contributed by atoms with E-state index >= 15 is 0 Å². The number of hydrogen-bond donors (Lipinski definition) is 2. The van der Waals surface area contributed by atoms with E-state index in [1.807, 2.05) is 41.3 Å². The third-order valence-electron chi connectivity index (χ3n) is 21.9. The second-order valence-corrected chi connectivity index (χ2v) is 33.5. The lowest BCUT2D eigenvalue weighted by Crippen LogP contribution is -2.52. The fourth-order valence-corrected chi connectivity index (χ4v) is 17.0. The number of alkyl halides is 4. The van der Waals surface area contributed by atoms with E-state index in [1.165, 1.54) is 0 Å². The van der Waals surface area contributed by atoms with E-state index in [9.17, 15) is 41.5 Å². The SMILES string of the molecule is N#CCc1ccc(Cl)c(Cl)c1.O=C1CC[C@](CC2OCCO2)(c2ccc(Cl)c(Cl)c2)CN1.O=C1CC[C@](CC2OCCO2)(c2ccc(Cl)c(Cl)c2)CN1CC1CCC(F)(F)CC1.O=CC[C@]1(c2ccc(Cl)c(Cl)c2)CCC(=O)N(CC2CCC(F)(F)CC2)C1.[C-]#[N+][C@@](CCC(=O)O)(CC1OCCO1)c1ccc(Cl)c(Cl)c1. The van der Waals surface area contributed by atoms with Crippen LogP contribution in [0.3, 0.4) is 0 Å². The van der Waals surface area contributed by atoms with Crippen LogP contribution in [0, 0.1) is 29.7 Å². The highest BCUT2D eigenvalue weighted by atomic mass is 35.5. The predicted octanol–water partition coefficient (Wildman–Crippen LogP) is 20.4. The summed E-state index contributed by atoms with van der Waals surface area (Å²) in [6, 6.07) is 28.7. The molecule has 3 amide bonds. The van der Waals surface area contributed by atoms with Gasteiger partial charge < -0.3 is 58.3 Å². The number of nitriles is 1. The Bertz CT molecular complexity index is 4120. The molecule has 8 fully saturated rings. The van der Waals surface area contributed by atoms with Crippen LogP contribution in [-0.4, -0.2) is 148 Å². The van der Waals surface area contributed by atoms with Gasteiger partial charge in [0.1, 0.15) is 6.29 Å². The van der Waals surface area contributed by atoms with Gasteiger partial charge in [-0.05, 0) is 146 Å². The Balaban J connectivity index is 0.000000164. The quantitative estimate of drug-likeness (QED) is 0.0423. The number of aldehydes is 1. The monoisotopic (exact) mass is 1740 g/mol. The van der Waals surface area contributed by atoms with Crippen molar-refractivity contribution in [3.63, 3.8) is 0 Å². The van der Waals surface area contributed by atoms with Crippen LogP contribution in [0.1, 0.15) is 156 Å². The zero-order valence-electron chi connectivity index (χ0n) is 60.8. The Kier molecular flexibility index (Phi) is 33.4. The Morgan fingerprint density at radius 1 is 0.550 bits per heavy atom. The van der Waals surface area contributed by atoms with Crippen LogP contribution in [0.4, 0.5) is 17.6 Å². The molecule has 13 rings (SSSR count). The third kappa shape index (κ3) is 25.3. The summed E-state index contributed by atoms with van der Waals surface area (Å²) in [5.74, 6) is -5.73. The van der Waals surface area contributed by atoms with Gasteiger partial charge in [0.2, 0.25) is 29.6 Å². The van der Waals surface area contributed by atoms with Gasteiger partial charge in [0.05, 0.1) is 115 Å². The molecule has 2 N–H and O–H groups in total. The van der Waals surface area contributed by atoms with Crippen LogP contribution in [0.25, 0.3) is 4.85 Å². The number of rotatable bonds is 20. The van der Waals surface area contributed by atoms with Crippen LogP contribution in [0.5, 0.6) is 0 Å². The highest BCUT2D eigenvalue weighted by Gasteiger charge is 2.48. The van der Waals surface area contributed by atoms with Crippen molar-refractivity contribution in [3.8, 4) is 6.07 Å². The number of carboxylic acids is 1. The highest BCUT2D eigenvalue weighted by Crippen LogP contribution is 2.47. The van der Waals surface area contributed by atoms with E-state index in [-0.39, 0.29) is 104 Å². The largest absolute Gasteiger partial charge is 0.481 e. The molecule has 0 unspecified atom stereocenters. The molecule has 0 bridgehead atoms. The third-order valence-corrected chi connectivity index (χ3v) is 25.6. The molecule has 17 nitrogen and oxygen atoms in total. The number of aliphatic carboxylic acids is 1. The van der Waals surface area contributed by atoms with E-state index in [2.05, 4.69) is 10.2 Å². The molecule has 5 aromatic rings. The summed E-state index contributed by atoms with van der Waals surface area (Å²) in [5.41, 5.74) is 2.28. The summed E-state index contributed by atoms with van der Waals surface area (Å²) in [7, 11) is 0. The summed E-state index contributed by atoms with van der Waals surface area (Å²) in [6.45, 7) is 13.4. The molecule has 602 valence electrons. The van der Waals surface area contributed by atoms with Gasteiger partial charge in [-0.25, -0.2) is 24.1 Å². The molecule has 0 spiro atoms. The molecule has 111 heavy (non-hydrogen) atoms. The average molecular weight is 1740 g/mol. The summed E-state index contributed by atoms with van der Waals surface area (Å²) in [6.07, 6.45) is 6.52. The molecule has 2 saturated carbocycles. The smallest absolute Gasteiger partial charge is 0.303 e. The van der Waals surface area contributed by atoms with E-state index < -0.39 is 35.1 Å². The van der Waals surface area contributed by atoms with Crippen molar-refractivity contribution in [1.82, 2.24) is 15.1 Å². The first-order chi connectivity index (χ1) is 52.8. The molecule has 2 aliphatic carbocycles. The van der Waals surface area contributed by atoms with E-state index in [0.717, 1.165) is 35.0 Å². The summed E-state index contributed by atoms with van der Waals surface area (Å²) in [4.78, 5) is 66.4. The summed E-state index contributed by atoms with van der Waals surface area (Å²) < 4.78 is 87.4. The number of carbonyl (C=O) groups excluding carboxylic acids is 4. The fourth-order valence-electron chi connectivity index (χ4n) is 15.5. The molecule has 6 aliphatic heterocycles. The minimum Gasteiger partial charge on any atom is -0.481 e. The maximum Gasteiger partial charge on any atom is 0.303 e. The van der Waals surface area contributed by atoms with Crippen molar-refractivity contribution in [2.24, 2.45) is 11.8 Å². The van der Waals surface area contributed by atoms with Crippen molar-refractivity contribution >= 4 is 146 Å². The maximum absolute atomic E-state index is 13.5. The molecular formula is C80H87Cl10F4N5O12. The van der Waals surface area contributed by atoms with Crippen LogP contribution in [-0.2, 0) is 80.6 Å². The van der Waals surface area contributed by atoms with E-state index in [4.69, 9.17) is 161 Å². The van der Waals surface area contributed by atoms with Crippen molar-refractivity contribution in [1.29, 1.82) is 5.26 Å². The van der Waals surface area contributed by atoms with Crippen molar-refractivity contribution in [3.05, 3.63) is 180 Å². The van der Waals surface area contributed by atoms with Gasteiger partial charge in [0.25, 0.3) is 5.54 Å². The number of ether oxygens (including phenoxy) is 6. The Morgan fingerprint density at radius 2 is 0.946 bits per heavy atom. The lowest BCUT2D eigenvalue weighted by atomic mass is 9.71. The lowest BCUT2D eigenvalue weighted by Gasteiger charge is -2.45. The van der Waals surface area contributed by atoms with Crippen LogP contribution >= 0.6 is 116 Å². The minimum absolute atomic E-state index is 0.0221. The highest BCUT2D eigenvalue weighted by molar-refractivity contribution is 6.44. The first kappa shape index (κ1) is 89.9. The van der Waals surface area contributed by atoms with Crippen molar-refractivity contribution in [2.75, 3.05) is 72.4 Å². The predicted molar refractivity (Wildman–Crippen MR) is 421 cm³/mol. The summed E-state index contributed by atoms with van der Waals surface area (Å²) in [5, 5.41) is 24.9. The van der Waals surface area contributed by atoms with Gasteiger partial charge in [0, 0.05) is 125 Å². The van der Waals surface area contributed by atoms with Gasteiger partial charge in [-0.15, -0.1) is 0 Å². The second kappa shape index (κ2) is 41.2. The minimum atomic E-state index is -2.58. The topological polar surface area (TPSA) is 208 Å². The molecule has 5 aromatic carbocycles. The van der Waals surface area contributed by atoms with Crippen molar-refractivity contribution in [2.45, 2.75) is 187 Å². The van der Waals surface area contributed by atoms with Gasteiger partial charge >= 0.3 is 5.97 Å². The molecule has 6 saturated heterocycles. The zero-order valence-corrected chi connectivity index (χ0v) is 68.3. The van der Waals surface area contributed by atoms with Gasteiger partial charge in [-0.2, -0.15) is 5.26 Å². The van der Waals surface area contributed by atoms with Gasteiger partial charge in [-0.1, -0.05) is 140 Å². The molecule has 31 heteroatoms. The second-order valence-electron chi connectivity index (χ2n) is 29.4. The summed E-state index contributed by atoms with van der Waals surface area (Å²) >= 11 is 60.1. The number of benzene rings is 5. The van der Waals surface area contributed by atoms with Crippen molar-refractivity contribution < 1.29 is 75.1 Å². The molecule has 6 heterocycles. The molecule has 8 aliphatic rings. The van der Waals surface area contributed by atoms with Gasteiger partial charge in [-0.3, -0.25) is 19.2 Å². The fraction of sp³-hybridized carbons (Fsp3) is 0.537. The number of piperidine rings is 3. The van der Waals surface area contributed by atoms with Crippen LogP contribution < -0.4 is 5.32 Å².